The molecular formula is C20H20ClN3O3S. The summed E-state index contributed by atoms with van der Waals surface area (Å²) in [7, 11) is 0. The third-order valence-electron chi connectivity index (χ3n) is 4.51. The van der Waals surface area contributed by atoms with Crippen molar-refractivity contribution in [2.45, 2.75) is 12.6 Å². The third-order valence-corrected chi connectivity index (χ3v) is 5.55. The molecule has 0 saturated carbocycles. The number of halogens is 1. The highest BCUT2D eigenvalue weighted by Gasteiger charge is 2.21. The van der Waals surface area contributed by atoms with Crippen LogP contribution in [0.4, 0.5) is 0 Å². The van der Waals surface area contributed by atoms with Crippen LogP contribution < -0.4 is 0 Å². The molecule has 1 fully saturated rings. The molecule has 3 aromatic rings. The molecule has 6 nitrogen and oxygen atoms in total. The van der Waals surface area contributed by atoms with Crippen LogP contribution in [-0.4, -0.2) is 52.7 Å². The molecule has 0 aliphatic carbocycles. The summed E-state index contributed by atoms with van der Waals surface area (Å²) >= 11 is 7.60. The van der Waals surface area contributed by atoms with Crippen molar-refractivity contribution >= 4 is 39.9 Å². The largest absolute Gasteiger partial charge is 0.460 e. The summed E-state index contributed by atoms with van der Waals surface area (Å²) in [4.78, 5) is 19.4. The van der Waals surface area contributed by atoms with Crippen molar-refractivity contribution in [1.29, 1.82) is 0 Å². The molecule has 1 aliphatic heterocycles. The SMILES string of the molecule is O=C(/C=C\c1c(Cl)nc2sccn12)OC[C@@H]1CN(Cc2ccccc2)CCO1. The van der Waals surface area contributed by atoms with E-state index in [2.05, 4.69) is 22.0 Å². The molecule has 0 spiro atoms. The molecule has 0 unspecified atom stereocenters. The lowest BCUT2D eigenvalue weighted by Gasteiger charge is -2.32. The number of hydrogen-bond acceptors (Lipinski definition) is 6. The van der Waals surface area contributed by atoms with Crippen LogP contribution in [0, 0.1) is 0 Å². The molecule has 0 radical (unpaired) electrons. The van der Waals surface area contributed by atoms with Gasteiger partial charge in [0.15, 0.2) is 10.1 Å². The van der Waals surface area contributed by atoms with Crippen LogP contribution in [-0.2, 0) is 20.8 Å². The number of imidazole rings is 1. The van der Waals surface area contributed by atoms with E-state index in [1.807, 2.05) is 34.2 Å². The van der Waals surface area contributed by atoms with E-state index in [0.29, 0.717) is 17.5 Å². The maximum absolute atomic E-state index is 12.1. The van der Waals surface area contributed by atoms with E-state index in [0.717, 1.165) is 24.6 Å². The quantitative estimate of drug-likeness (QED) is 0.454. The number of hydrogen-bond donors (Lipinski definition) is 0. The van der Waals surface area contributed by atoms with E-state index in [1.54, 1.807) is 6.08 Å². The van der Waals surface area contributed by atoms with E-state index in [9.17, 15) is 4.79 Å². The minimum Gasteiger partial charge on any atom is -0.460 e. The summed E-state index contributed by atoms with van der Waals surface area (Å²) in [5, 5.41) is 2.28. The Kier molecular flexibility index (Phi) is 6.07. The van der Waals surface area contributed by atoms with Crippen molar-refractivity contribution in [2.24, 2.45) is 0 Å². The van der Waals surface area contributed by atoms with Crippen molar-refractivity contribution in [3.63, 3.8) is 0 Å². The highest BCUT2D eigenvalue weighted by Crippen LogP contribution is 2.22. The number of aromatic nitrogens is 2. The molecule has 1 atom stereocenters. The van der Waals surface area contributed by atoms with Gasteiger partial charge in [0.25, 0.3) is 0 Å². The standard InChI is InChI=1S/C20H20ClN3O3S/c21-19-17(24-9-11-28-20(24)22-19)6-7-18(25)27-14-16-13-23(8-10-26-16)12-15-4-2-1-3-5-15/h1-7,9,11,16H,8,10,12-14H2/b7-6-/t16-/m0/s1. The molecule has 0 bridgehead atoms. The fourth-order valence-electron chi connectivity index (χ4n) is 3.16. The molecule has 1 aromatic carbocycles. The fourth-order valence-corrected chi connectivity index (χ4v) is 4.17. The summed E-state index contributed by atoms with van der Waals surface area (Å²) in [5.41, 5.74) is 1.93. The van der Waals surface area contributed by atoms with Gasteiger partial charge in [0.05, 0.1) is 12.3 Å². The van der Waals surface area contributed by atoms with E-state index in [-0.39, 0.29) is 12.7 Å². The van der Waals surface area contributed by atoms with Crippen molar-refractivity contribution < 1.29 is 14.3 Å². The second-order valence-corrected chi connectivity index (χ2v) is 7.75. The smallest absolute Gasteiger partial charge is 0.330 e. The minimum absolute atomic E-state index is 0.128. The van der Waals surface area contributed by atoms with Crippen LogP contribution in [0.25, 0.3) is 11.0 Å². The molecule has 4 rings (SSSR count). The maximum Gasteiger partial charge on any atom is 0.330 e. The van der Waals surface area contributed by atoms with E-state index < -0.39 is 5.97 Å². The molecule has 2 aromatic heterocycles. The zero-order valence-corrected chi connectivity index (χ0v) is 16.7. The number of thiazole rings is 1. The number of ether oxygens (including phenoxy) is 2. The first-order chi connectivity index (χ1) is 13.7. The van der Waals surface area contributed by atoms with Gasteiger partial charge in [0, 0.05) is 37.3 Å². The van der Waals surface area contributed by atoms with Crippen molar-refractivity contribution in [3.8, 4) is 0 Å². The van der Waals surface area contributed by atoms with Crippen LogP contribution in [0.3, 0.4) is 0 Å². The molecule has 0 amide bonds. The van der Waals surface area contributed by atoms with Gasteiger partial charge in [-0.1, -0.05) is 41.9 Å². The first kappa shape index (κ1) is 19.1. The summed E-state index contributed by atoms with van der Waals surface area (Å²) in [6, 6.07) is 10.3. The van der Waals surface area contributed by atoms with Crippen LogP contribution in [0.1, 0.15) is 11.3 Å². The van der Waals surface area contributed by atoms with Gasteiger partial charge in [-0.3, -0.25) is 9.30 Å². The average Bonchev–Trinajstić information content (AvgIpc) is 3.26. The molecule has 146 valence electrons. The zero-order valence-electron chi connectivity index (χ0n) is 15.2. The fraction of sp³-hybridized carbons (Fsp3) is 0.300. The first-order valence-electron chi connectivity index (χ1n) is 9.03. The number of benzene rings is 1. The second-order valence-electron chi connectivity index (χ2n) is 6.52. The normalized spacial score (nSPS) is 18.1. The molecule has 28 heavy (non-hydrogen) atoms. The summed E-state index contributed by atoms with van der Waals surface area (Å²) in [6.07, 6.45) is 4.73. The second kappa shape index (κ2) is 8.87. The van der Waals surface area contributed by atoms with Gasteiger partial charge in [-0.15, -0.1) is 11.3 Å². The van der Waals surface area contributed by atoms with Crippen LogP contribution >= 0.6 is 22.9 Å². The van der Waals surface area contributed by atoms with Gasteiger partial charge in [0.2, 0.25) is 0 Å². The number of morpholine rings is 1. The Morgan fingerprint density at radius 2 is 2.25 bits per heavy atom. The Labute approximate surface area is 172 Å². The van der Waals surface area contributed by atoms with Crippen LogP contribution in [0.2, 0.25) is 5.15 Å². The summed E-state index contributed by atoms with van der Waals surface area (Å²) < 4.78 is 12.9. The van der Waals surface area contributed by atoms with Gasteiger partial charge in [0.1, 0.15) is 12.7 Å². The van der Waals surface area contributed by atoms with Crippen molar-refractivity contribution in [1.82, 2.24) is 14.3 Å². The molecular weight excluding hydrogens is 398 g/mol. The number of carbonyl (C=O) groups excluding carboxylic acids is 1. The summed E-state index contributed by atoms with van der Waals surface area (Å²) in [5.74, 6) is -0.426. The number of fused-ring (bicyclic) bond motifs is 1. The lowest BCUT2D eigenvalue weighted by atomic mass is 10.2. The molecule has 8 heteroatoms. The lowest BCUT2D eigenvalue weighted by molar-refractivity contribution is -0.144. The van der Waals surface area contributed by atoms with Crippen molar-refractivity contribution in [3.05, 3.63) is 64.4 Å². The van der Waals surface area contributed by atoms with Crippen molar-refractivity contribution in [2.75, 3.05) is 26.3 Å². The Balaban J connectivity index is 1.28. The molecule has 0 N–H and O–H groups in total. The highest BCUT2D eigenvalue weighted by molar-refractivity contribution is 7.15. The maximum atomic E-state index is 12.1. The van der Waals surface area contributed by atoms with Crippen LogP contribution in [0.5, 0.6) is 0 Å². The Bertz CT molecular complexity index is 970. The van der Waals surface area contributed by atoms with Crippen LogP contribution in [0.15, 0.2) is 48.0 Å². The number of esters is 1. The third kappa shape index (κ3) is 4.62. The molecule has 1 saturated heterocycles. The number of rotatable bonds is 6. The Morgan fingerprint density at radius 3 is 3.11 bits per heavy atom. The van der Waals surface area contributed by atoms with Gasteiger partial charge in [-0.25, -0.2) is 9.78 Å². The highest BCUT2D eigenvalue weighted by atomic mass is 35.5. The number of carbonyl (C=O) groups is 1. The first-order valence-corrected chi connectivity index (χ1v) is 10.3. The molecule has 1 aliphatic rings. The van der Waals surface area contributed by atoms with Gasteiger partial charge < -0.3 is 9.47 Å². The van der Waals surface area contributed by atoms with E-state index in [4.69, 9.17) is 21.1 Å². The predicted molar refractivity (Wildman–Crippen MR) is 110 cm³/mol. The van der Waals surface area contributed by atoms with Gasteiger partial charge >= 0.3 is 5.97 Å². The van der Waals surface area contributed by atoms with E-state index in [1.165, 1.54) is 23.0 Å². The lowest BCUT2D eigenvalue weighted by Crippen LogP contribution is -2.44. The minimum atomic E-state index is -0.426. The molecule has 3 heterocycles. The van der Waals surface area contributed by atoms with E-state index >= 15 is 0 Å². The Morgan fingerprint density at radius 1 is 1.39 bits per heavy atom. The average molecular weight is 418 g/mol. The van der Waals surface area contributed by atoms with Gasteiger partial charge in [-0.2, -0.15) is 0 Å². The monoisotopic (exact) mass is 417 g/mol. The zero-order chi connectivity index (χ0) is 19.3. The Hall–Kier alpha value is -2.19. The predicted octanol–water partition coefficient (Wildman–Crippen LogP) is 3.51. The summed E-state index contributed by atoms with van der Waals surface area (Å²) in [6.45, 7) is 3.32. The number of nitrogens with zero attached hydrogens (tertiary/aromatic N) is 3. The topological polar surface area (TPSA) is 56.1 Å². The van der Waals surface area contributed by atoms with Gasteiger partial charge in [-0.05, 0) is 11.6 Å².